The van der Waals surface area contributed by atoms with Gasteiger partial charge in [-0.3, -0.25) is 0 Å². The molecule has 0 aliphatic rings. The molecule has 114 valence electrons. The van der Waals surface area contributed by atoms with Crippen LogP contribution in [0.15, 0.2) is 0 Å². The first-order chi connectivity index (χ1) is 8.56. The number of carbonyl (C=O) groups is 1. The summed E-state index contributed by atoms with van der Waals surface area (Å²) in [5.74, 6) is 0. The number of amides is 1. The molecule has 0 aromatic carbocycles. The highest BCUT2D eigenvalue weighted by molar-refractivity contribution is 5.68. The maximum absolute atomic E-state index is 11.7. The minimum absolute atomic E-state index is 0.347. The third-order valence-electron chi connectivity index (χ3n) is 2.49. The number of carbonyl (C=O) groups excluding carboxylic acids is 1. The van der Waals surface area contributed by atoms with E-state index in [0.717, 1.165) is 13.0 Å². The van der Waals surface area contributed by atoms with Crippen molar-refractivity contribution in [2.24, 2.45) is 0 Å². The normalized spacial score (nSPS) is 14.1. The molecule has 0 heterocycles. The Morgan fingerprint density at radius 1 is 1.21 bits per heavy atom. The van der Waals surface area contributed by atoms with Crippen molar-refractivity contribution in [3.63, 3.8) is 0 Å². The van der Waals surface area contributed by atoms with E-state index in [-0.39, 0.29) is 11.6 Å². The van der Waals surface area contributed by atoms with Gasteiger partial charge in [-0.2, -0.15) is 0 Å². The molecular weight excluding hydrogens is 244 g/mol. The maximum atomic E-state index is 11.7. The molecule has 19 heavy (non-hydrogen) atoms. The fraction of sp³-hybridized carbons (Fsp3) is 0.929. The fourth-order valence-electron chi connectivity index (χ4n) is 1.45. The van der Waals surface area contributed by atoms with E-state index in [1.54, 1.807) is 7.11 Å². The van der Waals surface area contributed by atoms with Gasteiger partial charge in [0.15, 0.2) is 0 Å². The first kappa shape index (κ1) is 18.2. The van der Waals surface area contributed by atoms with Crippen LogP contribution in [0.1, 0.15) is 48.0 Å². The molecule has 2 N–H and O–H groups in total. The second kappa shape index (κ2) is 7.70. The molecule has 0 aromatic heterocycles. The lowest BCUT2D eigenvalue weighted by Crippen LogP contribution is -2.53. The van der Waals surface area contributed by atoms with E-state index in [4.69, 9.17) is 9.47 Å². The predicted molar refractivity (Wildman–Crippen MR) is 77.4 cm³/mol. The second-order valence-corrected chi connectivity index (χ2v) is 6.57. The Hall–Kier alpha value is -0.810. The zero-order chi connectivity index (χ0) is 15.1. The van der Waals surface area contributed by atoms with Gasteiger partial charge in [0.1, 0.15) is 5.60 Å². The molecule has 1 amide bonds. The van der Waals surface area contributed by atoms with E-state index < -0.39 is 5.60 Å². The van der Waals surface area contributed by atoms with Crippen LogP contribution in [0.4, 0.5) is 4.79 Å². The van der Waals surface area contributed by atoms with Crippen molar-refractivity contribution in [2.75, 3.05) is 20.3 Å². The van der Waals surface area contributed by atoms with Crippen LogP contribution in [0.3, 0.4) is 0 Å². The summed E-state index contributed by atoms with van der Waals surface area (Å²) in [7, 11) is 1.70. The average molecular weight is 274 g/mol. The van der Waals surface area contributed by atoms with Gasteiger partial charge in [0.2, 0.25) is 0 Å². The Bertz CT molecular complexity index is 272. The quantitative estimate of drug-likeness (QED) is 0.748. The monoisotopic (exact) mass is 274 g/mol. The van der Waals surface area contributed by atoms with Gasteiger partial charge in [0.25, 0.3) is 0 Å². The van der Waals surface area contributed by atoms with Crippen LogP contribution in [0.5, 0.6) is 0 Å². The van der Waals surface area contributed by atoms with Gasteiger partial charge in [-0.05, 0) is 48.0 Å². The van der Waals surface area contributed by atoms with E-state index in [1.807, 2.05) is 34.6 Å². The molecule has 1 atom stereocenters. The van der Waals surface area contributed by atoms with Crippen molar-refractivity contribution in [1.29, 1.82) is 0 Å². The van der Waals surface area contributed by atoms with E-state index in [1.165, 1.54) is 0 Å². The third kappa shape index (κ3) is 10.8. The first-order valence-corrected chi connectivity index (χ1v) is 6.79. The topological polar surface area (TPSA) is 59.6 Å². The van der Waals surface area contributed by atoms with Crippen molar-refractivity contribution >= 4 is 6.09 Å². The molecule has 0 spiro atoms. The summed E-state index contributed by atoms with van der Waals surface area (Å²) in [6.07, 6.45) is 0.558. The van der Waals surface area contributed by atoms with Crippen LogP contribution in [0, 0.1) is 0 Å². The lowest BCUT2D eigenvalue weighted by atomic mass is 10.1. The molecule has 0 radical (unpaired) electrons. The SMILES string of the molecule is COCCC(C)NCC(C)(C)NC(=O)OC(C)(C)C. The smallest absolute Gasteiger partial charge is 0.408 e. The van der Waals surface area contributed by atoms with Crippen LogP contribution in [0.25, 0.3) is 0 Å². The van der Waals surface area contributed by atoms with Crippen molar-refractivity contribution in [2.45, 2.75) is 65.1 Å². The molecule has 0 rings (SSSR count). The number of nitrogens with one attached hydrogen (secondary N) is 2. The van der Waals surface area contributed by atoms with Gasteiger partial charge in [-0.1, -0.05) is 0 Å². The average Bonchev–Trinajstić information content (AvgIpc) is 2.20. The molecule has 5 heteroatoms. The molecule has 0 aliphatic heterocycles. The number of rotatable bonds is 7. The van der Waals surface area contributed by atoms with Gasteiger partial charge in [-0.15, -0.1) is 0 Å². The molecule has 0 aromatic rings. The molecule has 0 saturated heterocycles. The Morgan fingerprint density at radius 2 is 1.79 bits per heavy atom. The zero-order valence-electron chi connectivity index (χ0n) is 13.4. The molecule has 5 nitrogen and oxygen atoms in total. The standard InChI is InChI=1S/C14H30N2O3/c1-11(8-9-18-7)15-10-14(5,6)16-12(17)19-13(2,3)4/h11,15H,8-10H2,1-7H3,(H,16,17). The van der Waals surface area contributed by atoms with Gasteiger partial charge < -0.3 is 20.1 Å². The molecule has 1 unspecified atom stereocenters. The summed E-state index contributed by atoms with van der Waals surface area (Å²) in [5.41, 5.74) is -0.830. The van der Waals surface area contributed by atoms with Crippen molar-refractivity contribution in [1.82, 2.24) is 10.6 Å². The summed E-state index contributed by atoms with van der Waals surface area (Å²) < 4.78 is 10.3. The highest BCUT2D eigenvalue weighted by Crippen LogP contribution is 2.09. The van der Waals surface area contributed by atoms with Crippen molar-refractivity contribution in [3.05, 3.63) is 0 Å². The lowest BCUT2D eigenvalue weighted by molar-refractivity contribution is 0.0470. The Labute approximate surface area is 117 Å². The van der Waals surface area contributed by atoms with E-state index in [9.17, 15) is 4.79 Å². The summed E-state index contributed by atoms with van der Waals surface area (Å²) in [6, 6.07) is 0.347. The highest BCUT2D eigenvalue weighted by Gasteiger charge is 2.24. The number of alkyl carbamates (subject to hydrolysis) is 1. The summed E-state index contributed by atoms with van der Waals surface area (Å²) >= 11 is 0. The second-order valence-electron chi connectivity index (χ2n) is 6.57. The molecular formula is C14H30N2O3. The summed E-state index contributed by atoms with van der Waals surface area (Å²) in [4.78, 5) is 11.7. The lowest BCUT2D eigenvalue weighted by Gasteiger charge is -2.30. The highest BCUT2D eigenvalue weighted by atomic mass is 16.6. The zero-order valence-corrected chi connectivity index (χ0v) is 13.4. The number of methoxy groups -OCH3 is 1. The van der Waals surface area contributed by atoms with E-state index >= 15 is 0 Å². The van der Waals surface area contributed by atoms with Gasteiger partial charge in [0.05, 0.1) is 5.54 Å². The largest absolute Gasteiger partial charge is 0.444 e. The molecule has 0 fully saturated rings. The van der Waals surface area contributed by atoms with Crippen LogP contribution in [-0.4, -0.2) is 43.5 Å². The van der Waals surface area contributed by atoms with E-state index in [0.29, 0.717) is 12.6 Å². The van der Waals surface area contributed by atoms with Crippen LogP contribution < -0.4 is 10.6 Å². The first-order valence-electron chi connectivity index (χ1n) is 6.79. The van der Waals surface area contributed by atoms with Gasteiger partial charge in [-0.25, -0.2) is 4.79 Å². The summed E-state index contributed by atoms with van der Waals surface area (Å²) in [6.45, 7) is 13.0. The Kier molecular flexibility index (Phi) is 7.37. The van der Waals surface area contributed by atoms with Gasteiger partial charge >= 0.3 is 6.09 Å². The predicted octanol–water partition coefficient (Wildman–Crippen LogP) is 2.30. The molecule has 0 aliphatic carbocycles. The number of ether oxygens (including phenoxy) is 2. The fourth-order valence-corrected chi connectivity index (χ4v) is 1.45. The van der Waals surface area contributed by atoms with Crippen molar-refractivity contribution < 1.29 is 14.3 Å². The van der Waals surface area contributed by atoms with Crippen molar-refractivity contribution in [3.8, 4) is 0 Å². The Balaban J connectivity index is 4.07. The molecule has 0 saturated carbocycles. The number of hydrogen-bond acceptors (Lipinski definition) is 4. The summed E-state index contributed by atoms with van der Waals surface area (Å²) in [5, 5.41) is 6.24. The Morgan fingerprint density at radius 3 is 2.26 bits per heavy atom. The van der Waals surface area contributed by atoms with Crippen LogP contribution in [0.2, 0.25) is 0 Å². The maximum Gasteiger partial charge on any atom is 0.408 e. The number of hydrogen-bond donors (Lipinski definition) is 2. The van der Waals surface area contributed by atoms with E-state index in [2.05, 4.69) is 17.6 Å². The molecule has 0 bridgehead atoms. The minimum atomic E-state index is -0.473. The third-order valence-corrected chi connectivity index (χ3v) is 2.49. The van der Waals surface area contributed by atoms with Crippen LogP contribution >= 0.6 is 0 Å². The van der Waals surface area contributed by atoms with Crippen LogP contribution in [-0.2, 0) is 9.47 Å². The van der Waals surface area contributed by atoms with Gasteiger partial charge in [0, 0.05) is 26.3 Å². The minimum Gasteiger partial charge on any atom is -0.444 e.